The van der Waals surface area contributed by atoms with Crippen molar-refractivity contribution in [3.63, 3.8) is 0 Å². The van der Waals surface area contributed by atoms with E-state index in [2.05, 4.69) is 28.7 Å². The zero-order chi connectivity index (χ0) is 14.6. The molecule has 1 atom stereocenters. The zero-order valence-electron chi connectivity index (χ0n) is 13.1. The Kier molecular flexibility index (Phi) is 5.38. The van der Waals surface area contributed by atoms with Gasteiger partial charge >= 0.3 is 0 Å². The van der Waals surface area contributed by atoms with Gasteiger partial charge in [0, 0.05) is 34.2 Å². The minimum Gasteiger partial charge on any atom is -0.389 e. The summed E-state index contributed by atoms with van der Waals surface area (Å²) >= 11 is 0. The van der Waals surface area contributed by atoms with E-state index in [0.717, 1.165) is 18.1 Å². The van der Waals surface area contributed by atoms with Gasteiger partial charge in [-0.15, -0.1) is 0 Å². The van der Waals surface area contributed by atoms with Crippen molar-refractivity contribution in [3.8, 4) is 0 Å². The fourth-order valence-electron chi connectivity index (χ4n) is 2.43. The Balaban J connectivity index is 2.50. The summed E-state index contributed by atoms with van der Waals surface area (Å²) in [5, 5.41) is 13.5. The predicted molar refractivity (Wildman–Crippen MR) is 79.3 cm³/mol. The minimum atomic E-state index is -0.656. The second-order valence-electron chi connectivity index (χ2n) is 6.20. The summed E-state index contributed by atoms with van der Waals surface area (Å²) in [5.41, 5.74) is 0.459. The first-order valence-electron chi connectivity index (χ1n) is 6.84. The number of hydrogen-bond acceptors (Lipinski definition) is 4. The third-order valence-electron chi connectivity index (χ3n) is 3.12. The van der Waals surface area contributed by atoms with E-state index in [4.69, 9.17) is 0 Å². The summed E-state index contributed by atoms with van der Waals surface area (Å²) in [4.78, 5) is 6.35. The van der Waals surface area contributed by atoms with Gasteiger partial charge in [0.15, 0.2) is 0 Å². The molecule has 0 fully saturated rings. The second kappa shape index (κ2) is 6.39. The molecule has 0 bridgehead atoms. The van der Waals surface area contributed by atoms with Crippen LogP contribution in [0.15, 0.2) is 6.20 Å². The molecule has 1 heterocycles. The number of imidazole rings is 1. The lowest BCUT2D eigenvalue weighted by Gasteiger charge is -2.25. The van der Waals surface area contributed by atoms with E-state index in [0.29, 0.717) is 19.0 Å². The smallest absolute Gasteiger partial charge is 0.204 e. The number of nitrogens with zero attached hydrogens (tertiary/aromatic N) is 3. The van der Waals surface area contributed by atoms with Crippen LogP contribution in [0.25, 0.3) is 0 Å². The molecule has 0 spiro atoms. The maximum Gasteiger partial charge on any atom is 0.204 e. The highest BCUT2D eigenvalue weighted by Crippen LogP contribution is 2.16. The normalized spacial score (nSPS) is 14.7. The molecule has 0 aliphatic rings. The Hall–Kier alpha value is -1.07. The van der Waals surface area contributed by atoms with Gasteiger partial charge in [-0.05, 0) is 19.3 Å². The van der Waals surface area contributed by atoms with Crippen molar-refractivity contribution < 1.29 is 5.11 Å². The van der Waals surface area contributed by atoms with Crippen LogP contribution in [0, 0.1) is 5.92 Å². The average Bonchev–Trinajstić information content (AvgIpc) is 2.58. The fourth-order valence-corrected chi connectivity index (χ4v) is 2.43. The Morgan fingerprint density at radius 3 is 2.58 bits per heavy atom. The molecule has 0 radical (unpaired) electrons. The third-order valence-corrected chi connectivity index (χ3v) is 3.12. The van der Waals surface area contributed by atoms with E-state index in [-0.39, 0.29) is 0 Å². The molecule has 5 heteroatoms. The van der Waals surface area contributed by atoms with Crippen LogP contribution >= 0.6 is 0 Å². The summed E-state index contributed by atoms with van der Waals surface area (Å²) < 4.78 is 2.06. The number of aromatic nitrogens is 2. The summed E-state index contributed by atoms with van der Waals surface area (Å²) in [5.74, 6) is 1.43. The van der Waals surface area contributed by atoms with Crippen LogP contribution in [0.1, 0.15) is 32.9 Å². The molecule has 5 nitrogen and oxygen atoms in total. The molecule has 0 aromatic carbocycles. The molecule has 1 aromatic rings. The molecule has 0 amide bonds. The van der Waals surface area contributed by atoms with E-state index in [9.17, 15) is 5.11 Å². The monoisotopic (exact) mass is 268 g/mol. The number of hydrogen-bond donors (Lipinski definition) is 2. The molecule has 0 saturated heterocycles. The van der Waals surface area contributed by atoms with Gasteiger partial charge < -0.3 is 19.9 Å². The first-order valence-corrected chi connectivity index (χ1v) is 6.84. The van der Waals surface area contributed by atoms with Crippen LogP contribution in [-0.4, -0.2) is 40.9 Å². The molecule has 0 saturated carbocycles. The van der Waals surface area contributed by atoms with Crippen molar-refractivity contribution in [2.45, 2.75) is 39.3 Å². The van der Waals surface area contributed by atoms with E-state index < -0.39 is 5.60 Å². The number of nitrogens with one attached hydrogen (secondary N) is 1. The van der Waals surface area contributed by atoms with E-state index in [1.165, 1.54) is 0 Å². The van der Waals surface area contributed by atoms with Gasteiger partial charge in [-0.25, -0.2) is 4.98 Å². The minimum absolute atomic E-state index is 0.494. The first kappa shape index (κ1) is 16.0. The molecular formula is C14H28N4O. The maximum atomic E-state index is 10.2. The van der Waals surface area contributed by atoms with Crippen LogP contribution in [0.3, 0.4) is 0 Å². The lowest BCUT2D eigenvalue weighted by Crippen LogP contribution is -2.38. The second-order valence-corrected chi connectivity index (χ2v) is 6.20. The molecule has 0 aliphatic heterocycles. The highest BCUT2D eigenvalue weighted by atomic mass is 16.3. The van der Waals surface area contributed by atoms with E-state index >= 15 is 0 Å². The van der Waals surface area contributed by atoms with E-state index in [1.807, 2.05) is 39.2 Å². The molecule has 110 valence electrons. The van der Waals surface area contributed by atoms with E-state index in [1.54, 1.807) is 0 Å². The van der Waals surface area contributed by atoms with Gasteiger partial charge in [-0.2, -0.15) is 0 Å². The molecule has 19 heavy (non-hydrogen) atoms. The molecule has 2 N–H and O–H groups in total. The third kappa shape index (κ3) is 4.84. The van der Waals surface area contributed by atoms with Crippen molar-refractivity contribution in [1.29, 1.82) is 0 Å². The topological polar surface area (TPSA) is 53.3 Å². The summed E-state index contributed by atoms with van der Waals surface area (Å²) in [7, 11) is 5.96. The lowest BCUT2D eigenvalue weighted by molar-refractivity contribution is 0.0382. The zero-order valence-corrected chi connectivity index (χ0v) is 13.1. The Morgan fingerprint density at radius 2 is 2.11 bits per heavy atom. The molecule has 1 rings (SSSR count). The van der Waals surface area contributed by atoms with Crippen molar-refractivity contribution in [2.75, 3.05) is 25.5 Å². The van der Waals surface area contributed by atoms with Crippen molar-refractivity contribution >= 4 is 5.95 Å². The van der Waals surface area contributed by atoms with Gasteiger partial charge in [0.2, 0.25) is 5.95 Å². The SMILES string of the molecule is CC(C)CC(C)(O)CNCc1cnc(N(C)C)n1C. The maximum absolute atomic E-state index is 10.2. The fraction of sp³-hybridized carbons (Fsp3) is 0.786. The van der Waals surface area contributed by atoms with Gasteiger partial charge in [0.05, 0.1) is 17.5 Å². The lowest BCUT2D eigenvalue weighted by atomic mass is 9.94. The molecule has 1 aromatic heterocycles. The largest absolute Gasteiger partial charge is 0.389 e. The van der Waals surface area contributed by atoms with Crippen LogP contribution < -0.4 is 10.2 Å². The molecule has 1 unspecified atom stereocenters. The van der Waals surface area contributed by atoms with Crippen LogP contribution in [0.5, 0.6) is 0 Å². The summed E-state index contributed by atoms with van der Waals surface area (Å²) in [6.07, 6.45) is 2.67. The Bertz CT molecular complexity index is 396. The van der Waals surface area contributed by atoms with Crippen molar-refractivity contribution in [2.24, 2.45) is 13.0 Å². The first-order chi connectivity index (χ1) is 8.73. The highest BCUT2D eigenvalue weighted by molar-refractivity contribution is 5.30. The number of aliphatic hydroxyl groups is 1. The van der Waals surface area contributed by atoms with Crippen molar-refractivity contribution in [1.82, 2.24) is 14.9 Å². The molecule has 0 aliphatic carbocycles. The van der Waals surface area contributed by atoms with Crippen LogP contribution in [0.4, 0.5) is 5.95 Å². The van der Waals surface area contributed by atoms with Gasteiger partial charge in [-0.1, -0.05) is 13.8 Å². The van der Waals surface area contributed by atoms with Crippen LogP contribution in [0.2, 0.25) is 0 Å². The van der Waals surface area contributed by atoms with Gasteiger partial charge in [-0.3, -0.25) is 0 Å². The predicted octanol–water partition coefficient (Wildman–Crippen LogP) is 1.37. The van der Waals surface area contributed by atoms with Crippen LogP contribution in [-0.2, 0) is 13.6 Å². The molecular weight excluding hydrogens is 240 g/mol. The standard InChI is InChI=1S/C14H28N4O/c1-11(2)7-14(3,19)10-15-8-12-9-16-13(17(4)5)18(12)6/h9,11,15,19H,7-8,10H2,1-6H3. The summed E-state index contributed by atoms with van der Waals surface area (Å²) in [6, 6.07) is 0. The van der Waals surface area contributed by atoms with Gasteiger partial charge in [0.1, 0.15) is 0 Å². The van der Waals surface area contributed by atoms with Crippen molar-refractivity contribution in [3.05, 3.63) is 11.9 Å². The Morgan fingerprint density at radius 1 is 1.47 bits per heavy atom. The number of rotatable bonds is 7. The quantitative estimate of drug-likeness (QED) is 0.784. The highest BCUT2D eigenvalue weighted by Gasteiger charge is 2.21. The summed E-state index contributed by atoms with van der Waals surface area (Å²) in [6.45, 7) is 7.44. The number of anilines is 1. The Labute approximate surface area is 116 Å². The van der Waals surface area contributed by atoms with Gasteiger partial charge in [0.25, 0.3) is 0 Å². The average molecular weight is 268 g/mol.